The molecule has 0 heterocycles. The van der Waals surface area contributed by atoms with Crippen molar-refractivity contribution in [1.29, 1.82) is 0 Å². The van der Waals surface area contributed by atoms with Gasteiger partial charge < -0.3 is 4.74 Å². The van der Waals surface area contributed by atoms with Crippen LogP contribution in [0, 0.1) is 0 Å². The van der Waals surface area contributed by atoms with Gasteiger partial charge in [0.05, 0.1) is 16.1 Å². The number of ether oxygens (including phenoxy) is 1. The molecule has 1 aromatic carbocycles. The minimum absolute atomic E-state index is 0.179. The number of hydrogen-bond donors (Lipinski definition) is 0. The molecule has 0 N–H and O–H groups in total. The molecule has 1 aromatic rings. The largest absolute Gasteiger partial charge is 0.489 e. The maximum atomic E-state index is 12.3. The van der Waals surface area contributed by atoms with Crippen LogP contribution in [0.5, 0.6) is 5.75 Å². The molecule has 0 aromatic heterocycles. The third-order valence-electron chi connectivity index (χ3n) is 2.08. The molecule has 2 rings (SSSR count). The summed E-state index contributed by atoms with van der Waals surface area (Å²) in [6.07, 6.45) is -2.17. The molecule has 0 saturated heterocycles. The number of benzene rings is 1. The maximum Gasteiger partial charge on any atom is 0.416 e. The van der Waals surface area contributed by atoms with E-state index in [9.17, 15) is 13.2 Å². The highest BCUT2D eigenvalue weighted by Crippen LogP contribution is 2.37. The number of halogens is 4. The van der Waals surface area contributed by atoms with Crippen LogP contribution in [0.2, 0.25) is 0 Å². The Kier molecular flexibility index (Phi) is 2.66. The van der Waals surface area contributed by atoms with Crippen molar-refractivity contribution >= 4 is 15.9 Å². The summed E-state index contributed by atoms with van der Waals surface area (Å²) in [6, 6.07) is 3.42. The third kappa shape index (κ3) is 2.65. The zero-order valence-corrected chi connectivity index (χ0v) is 9.23. The lowest BCUT2D eigenvalue weighted by molar-refractivity contribution is -0.137. The Balaban J connectivity index is 2.21. The lowest BCUT2D eigenvalue weighted by atomic mass is 10.2. The van der Waals surface area contributed by atoms with Gasteiger partial charge in [0.2, 0.25) is 0 Å². The number of alkyl halides is 3. The molecule has 0 unspecified atom stereocenters. The molecule has 82 valence electrons. The van der Waals surface area contributed by atoms with E-state index in [0.717, 1.165) is 25.0 Å². The normalized spacial score (nSPS) is 16.5. The number of hydrogen-bond acceptors (Lipinski definition) is 1. The van der Waals surface area contributed by atoms with E-state index in [1.165, 1.54) is 6.07 Å². The van der Waals surface area contributed by atoms with Crippen LogP contribution in [-0.2, 0) is 6.18 Å². The standard InChI is InChI=1S/C10H8BrF3O/c11-8-5-6(10(12,13)14)1-4-9(8)15-7-2-3-7/h1,4-5,7H,2-3H2. The van der Waals surface area contributed by atoms with Gasteiger partial charge in [-0.1, -0.05) is 0 Å². The lowest BCUT2D eigenvalue weighted by Gasteiger charge is -2.10. The van der Waals surface area contributed by atoms with E-state index in [1.54, 1.807) is 0 Å². The molecule has 0 bridgehead atoms. The molecule has 15 heavy (non-hydrogen) atoms. The first-order valence-electron chi connectivity index (χ1n) is 4.50. The van der Waals surface area contributed by atoms with E-state index in [0.29, 0.717) is 10.2 Å². The fraction of sp³-hybridized carbons (Fsp3) is 0.400. The highest BCUT2D eigenvalue weighted by Gasteiger charge is 2.31. The summed E-state index contributed by atoms with van der Waals surface area (Å²) in [6.45, 7) is 0. The topological polar surface area (TPSA) is 9.23 Å². The van der Waals surface area contributed by atoms with Crippen molar-refractivity contribution < 1.29 is 17.9 Å². The average Bonchev–Trinajstić information content (AvgIpc) is 2.90. The molecule has 1 fully saturated rings. The van der Waals surface area contributed by atoms with Gasteiger partial charge in [-0.15, -0.1) is 0 Å². The van der Waals surface area contributed by atoms with E-state index in [4.69, 9.17) is 4.74 Å². The van der Waals surface area contributed by atoms with Crippen LogP contribution in [0.1, 0.15) is 18.4 Å². The van der Waals surface area contributed by atoms with Crippen molar-refractivity contribution in [2.24, 2.45) is 0 Å². The second-order valence-electron chi connectivity index (χ2n) is 3.46. The highest BCUT2D eigenvalue weighted by molar-refractivity contribution is 9.10. The van der Waals surface area contributed by atoms with Gasteiger partial charge in [0.15, 0.2) is 0 Å². The predicted molar refractivity (Wildman–Crippen MR) is 52.8 cm³/mol. The lowest BCUT2D eigenvalue weighted by Crippen LogP contribution is -2.05. The van der Waals surface area contributed by atoms with E-state index in [1.807, 2.05) is 0 Å². The van der Waals surface area contributed by atoms with Gasteiger partial charge in [-0.3, -0.25) is 0 Å². The minimum atomic E-state index is -4.30. The fourth-order valence-electron chi connectivity index (χ4n) is 1.14. The number of rotatable bonds is 2. The minimum Gasteiger partial charge on any atom is -0.489 e. The maximum absolute atomic E-state index is 12.3. The first-order chi connectivity index (χ1) is 6.97. The zero-order chi connectivity index (χ0) is 11.1. The van der Waals surface area contributed by atoms with Crippen LogP contribution < -0.4 is 4.74 Å². The summed E-state index contributed by atoms with van der Waals surface area (Å²) in [4.78, 5) is 0. The molecular weight excluding hydrogens is 273 g/mol. The predicted octanol–water partition coefficient (Wildman–Crippen LogP) is 4.01. The van der Waals surface area contributed by atoms with Crippen LogP contribution in [-0.4, -0.2) is 6.10 Å². The van der Waals surface area contributed by atoms with Crippen LogP contribution >= 0.6 is 15.9 Å². The Morgan fingerprint density at radius 2 is 1.93 bits per heavy atom. The average molecular weight is 281 g/mol. The second kappa shape index (κ2) is 3.70. The first-order valence-corrected chi connectivity index (χ1v) is 5.29. The quantitative estimate of drug-likeness (QED) is 0.795. The van der Waals surface area contributed by atoms with Gasteiger partial charge in [0.25, 0.3) is 0 Å². The van der Waals surface area contributed by atoms with E-state index in [-0.39, 0.29) is 6.10 Å². The Hall–Kier alpha value is -0.710. The van der Waals surface area contributed by atoms with Crippen LogP contribution in [0.15, 0.2) is 22.7 Å². The summed E-state index contributed by atoms with van der Waals surface area (Å²) in [7, 11) is 0. The van der Waals surface area contributed by atoms with Gasteiger partial charge in [-0.25, -0.2) is 0 Å². The van der Waals surface area contributed by atoms with Gasteiger partial charge in [-0.2, -0.15) is 13.2 Å². The molecular formula is C10H8BrF3O. The van der Waals surface area contributed by atoms with Crippen LogP contribution in [0.4, 0.5) is 13.2 Å². The summed E-state index contributed by atoms with van der Waals surface area (Å²) in [5.74, 6) is 0.477. The van der Waals surface area contributed by atoms with Crippen LogP contribution in [0.25, 0.3) is 0 Å². The van der Waals surface area contributed by atoms with Crippen molar-refractivity contribution in [2.75, 3.05) is 0 Å². The smallest absolute Gasteiger partial charge is 0.416 e. The Morgan fingerprint density at radius 1 is 1.27 bits per heavy atom. The summed E-state index contributed by atoms with van der Waals surface area (Å²) in [5, 5.41) is 0. The van der Waals surface area contributed by atoms with Crippen LogP contribution in [0.3, 0.4) is 0 Å². The molecule has 1 nitrogen and oxygen atoms in total. The van der Waals surface area contributed by atoms with Crippen molar-refractivity contribution in [3.05, 3.63) is 28.2 Å². The van der Waals surface area contributed by atoms with E-state index >= 15 is 0 Å². The van der Waals surface area contributed by atoms with E-state index in [2.05, 4.69) is 15.9 Å². The molecule has 1 aliphatic rings. The van der Waals surface area contributed by atoms with Gasteiger partial charge in [0.1, 0.15) is 5.75 Å². The Bertz CT molecular complexity index is 371. The zero-order valence-electron chi connectivity index (χ0n) is 7.64. The monoisotopic (exact) mass is 280 g/mol. The SMILES string of the molecule is FC(F)(F)c1ccc(OC2CC2)c(Br)c1. The molecule has 0 atom stereocenters. The van der Waals surface area contributed by atoms with Crippen molar-refractivity contribution in [3.63, 3.8) is 0 Å². The first kappa shape index (κ1) is 10.8. The summed E-state index contributed by atoms with van der Waals surface area (Å²) < 4.78 is 42.7. The Morgan fingerprint density at radius 3 is 2.40 bits per heavy atom. The van der Waals surface area contributed by atoms with Crippen molar-refractivity contribution in [2.45, 2.75) is 25.1 Å². The molecule has 0 aliphatic heterocycles. The molecule has 0 radical (unpaired) electrons. The molecule has 1 aliphatic carbocycles. The molecule has 1 saturated carbocycles. The highest BCUT2D eigenvalue weighted by atomic mass is 79.9. The van der Waals surface area contributed by atoms with Crippen molar-refractivity contribution in [3.8, 4) is 5.75 Å². The Labute approximate surface area is 93.4 Å². The summed E-state index contributed by atoms with van der Waals surface area (Å²) >= 11 is 3.07. The van der Waals surface area contributed by atoms with Gasteiger partial charge in [0, 0.05) is 0 Å². The third-order valence-corrected chi connectivity index (χ3v) is 2.70. The molecule has 0 amide bonds. The van der Waals surface area contributed by atoms with Gasteiger partial charge >= 0.3 is 6.18 Å². The molecule has 5 heteroatoms. The second-order valence-corrected chi connectivity index (χ2v) is 4.31. The van der Waals surface area contributed by atoms with Crippen molar-refractivity contribution in [1.82, 2.24) is 0 Å². The molecule has 0 spiro atoms. The summed E-state index contributed by atoms with van der Waals surface area (Å²) in [5.41, 5.74) is -0.669. The van der Waals surface area contributed by atoms with Gasteiger partial charge in [-0.05, 0) is 47.0 Å². The van der Waals surface area contributed by atoms with E-state index < -0.39 is 11.7 Å². The fourth-order valence-corrected chi connectivity index (χ4v) is 1.61.